The van der Waals surface area contributed by atoms with Crippen LogP contribution in [0.5, 0.6) is 0 Å². The predicted molar refractivity (Wildman–Crippen MR) is 219 cm³/mol. The second kappa shape index (κ2) is 16.3. The number of nitrogens with one attached hydrogen (secondary N) is 2. The van der Waals surface area contributed by atoms with Gasteiger partial charge in [-0.1, -0.05) is 36.4 Å². The minimum atomic E-state index is -0.505. The number of likely N-dealkylation sites (tertiary alicyclic amines) is 1. The number of hydrogen-bond acceptors (Lipinski definition) is 7. The first kappa shape index (κ1) is 39.4. The van der Waals surface area contributed by atoms with E-state index < -0.39 is 11.9 Å². The molecule has 7 rings (SSSR count). The number of rotatable bonds is 10. The van der Waals surface area contributed by atoms with E-state index >= 15 is 4.39 Å². The SMILES string of the molecule is CC(=O)N1CCC=C(c2cc(-c3ccc(C4CCN(Cc5ccc(N(C)C6CCC(=O)NC6=O)c(N(C)C=O)c5)CC4)cc3)c3cc(C(=O)N(C)C)[nH]c3c2F)C1. The number of halogens is 1. The maximum absolute atomic E-state index is 16.3. The van der Waals surface area contributed by atoms with Crippen LogP contribution in [0.3, 0.4) is 0 Å². The molecule has 0 saturated carbocycles. The third kappa shape index (κ3) is 8.06. The van der Waals surface area contributed by atoms with Gasteiger partial charge in [0.25, 0.3) is 5.91 Å². The summed E-state index contributed by atoms with van der Waals surface area (Å²) in [5.74, 6) is -0.974. The third-order valence-electron chi connectivity index (χ3n) is 11.8. The van der Waals surface area contributed by atoms with Gasteiger partial charge in [-0.15, -0.1) is 0 Å². The maximum atomic E-state index is 16.3. The van der Waals surface area contributed by atoms with Gasteiger partial charge in [0.15, 0.2) is 5.82 Å². The van der Waals surface area contributed by atoms with Crippen LogP contribution in [-0.4, -0.2) is 110 Å². The summed E-state index contributed by atoms with van der Waals surface area (Å²) in [6, 6.07) is 17.5. The minimum Gasteiger partial charge on any atom is -0.361 e. The molecule has 5 amide bonds. The summed E-state index contributed by atoms with van der Waals surface area (Å²) >= 11 is 0. The molecule has 3 aromatic carbocycles. The van der Waals surface area contributed by atoms with Crippen molar-refractivity contribution in [3.8, 4) is 11.1 Å². The van der Waals surface area contributed by atoms with Crippen LogP contribution in [0.4, 0.5) is 15.8 Å². The lowest BCUT2D eigenvalue weighted by Gasteiger charge is -2.34. The van der Waals surface area contributed by atoms with Gasteiger partial charge in [0.2, 0.25) is 24.1 Å². The van der Waals surface area contributed by atoms with Crippen molar-refractivity contribution >= 4 is 57.9 Å². The van der Waals surface area contributed by atoms with Gasteiger partial charge in [0.1, 0.15) is 11.7 Å². The number of hydrogen-bond donors (Lipinski definition) is 2. The third-order valence-corrected chi connectivity index (χ3v) is 11.8. The number of benzene rings is 3. The number of anilines is 2. The smallest absolute Gasteiger partial charge is 0.269 e. The van der Waals surface area contributed by atoms with Gasteiger partial charge in [0.05, 0.1) is 16.9 Å². The van der Waals surface area contributed by atoms with Gasteiger partial charge >= 0.3 is 0 Å². The van der Waals surface area contributed by atoms with Crippen LogP contribution in [0.15, 0.2) is 60.7 Å². The summed E-state index contributed by atoms with van der Waals surface area (Å²) < 4.78 is 16.3. The number of piperidine rings is 2. The van der Waals surface area contributed by atoms with Crippen molar-refractivity contribution < 1.29 is 28.4 Å². The molecule has 0 aliphatic carbocycles. The highest BCUT2D eigenvalue weighted by Crippen LogP contribution is 2.39. The van der Waals surface area contributed by atoms with E-state index in [-0.39, 0.29) is 35.6 Å². The van der Waals surface area contributed by atoms with Gasteiger partial charge in [-0.05, 0) is 96.8 Å². The fourth-order valence-electron chi connectivity index (χ4n) is 8.44. The number of nitrogens with zero attached hydrogens (tertiary/aromatic N) is 5. The monoisotopic (exact) mass is 775 g/mol. The molecule has 1 unspecified atom stereocenters. The Kier molecular flexibility index (Phi) is 11.3. The van der Waals surface area contributed by atoms with Crippen LogP contribution in [0.2, 0.25) is 0 Å². The maximum Gasteiger partial charge on any atom is 0.269 e. The molecule has 0 radical (unpaired) electrons. The van der Waals surface area contributed by atoms with Crippen molar-refractivity contribution in [1.82, 2.24) is 25.0 Å². The molecular weight excluding hydrogens is 726 g/mol. The van der Waals surface area contributed by atoms with E-state index in [1.165, 1.54) is 22.3 Å². The Hall–Kier alpha value is -5.82. The Morgan fingerprint density at radius 3 is 2.32 bits per heavy atom. The molecule has 298 valence electrons. The lowest BCUT2D eigenvalue weighted by Crippen LogP contribution is -2.51. The summed E-state index contributed by atoms with van der Waals surface area (Å²) in [7, 11) is 6.84. The first-order valence-electron chi connectivity index (χ1n) is 19.5. The average molecular weight is 776 g/mol. The Labute approximate surface area is 332 Å². The lowest BCUT2D eigenvalue weighted by molar-refractivity contribution is -0.134. The molecule has 0 spiro atoms. The number of carbonyl (C=O) groups excluding carboxylic acids is 5. The molecule has 0 bridgehead atoms. The highest BCUT2D eigenvalue weighted by Gasteiger charge is 2.32. The van der Waals surface area contributed by atoms with Crippen LogP contribution in [0, 0.1) is 5.82 Å². The normalized spacial score (nSPS) is 18.0. The molecule has 2 fully saturated rings. The number of H-pyrrole nitrogens is 1. The van der Waals surface area contributed by atoms with Crippen molar-refractivity contribution in [1.29, 1.82) is 0 Å². The molecule has 2 N–H and O–H groups in total. The largest absolute Gasteiger partial charge is 0.361 e. The first-order chi connectivity index (χ1) is 27.3. The zero-order valence-corrected chi connectivity index (χ0v) is 33.2. The molecule has 13 heteroatoms. The number of imide groups is 1. The van der Waals surface area contributed by atoms with Crippen LogP contribution < -0.4 is 15.1 Å². The van der Waals surface area contributed by atoms with Crippen molar-refractivity contribution in [2.24, 2.45) is 0 Å². The van der Waals surface area contributed by atoms with E-state index in [2.05, 4.69) is 39.5 Å². The Balaban J connectivity index is 1.07. The van der Waals surface area contributed by atoms with Crippen LogP contribution >= 0.6 is 0 Å². The molecule has 3 aliphatic heterocycles. The zero-order valence-electron chi connectivity index (χ0n) is 33.2. The number of fused-ring (bicyclic) bond motifs is 1. The Morgan fingerprint density at radius 2 is 1.65 bits per heavy atom. The number of amides is 5. The molecule has 1 aromatic heterocycles. The second-order valence-electron chi connectivity index (χ2n) is 15.7. The number of aromatic nitrogens is 1. The zero-order chi connectivity index (χ0) is 40.5. The topological polar surface area (TPSA) is 129 Å². The lowest BCUT2D eigenvalue weighted by atomic mass is 9.87. The number of carbonyl (C=O) groups is 5. The highest BCUT2D eigenvalue weighted by atomic mass is 19.1. The Morgan fingerprint density at radius 1 is 0.912 bits per heavy atom. The average Bonchev–Trinajstić information content (AvgIpc) is 3.67. The van der Waals surface area contributed by atoms with Crippen molar-refractivity contribution in [2.75, 3.05) is 64.2 Å². The fourth-order valence-corrected chi connectivity index (χ4v) is 8.44. The van der Waals surface area contributed by atoms with E-state index in [0.717, 1.165) is 60.3 Å². The van der Waals surface area contributed by atoms with E-state index in [4.69, 9.17) is 0 Å². The molecule has 2 saturated heterocycles. The summed E-state index contributed by atoms with van der Waals surface area (Å²) in [6.07, 6.45) is 6.01. The van der Waals surface area contributed by atoms with Crippen LogP contribution in [-0.2, 0) is 25.7 Å². The van der Waals surface area contributed by atoms with Gasteiger partial charge in [-0.3, -0.25) is 34.2 Å². The minimum absolute atomic E-state index is 0.0512. The van der Waals surface area contributed by atoms with Crippen molar-refractivity contribution in [2.45, 2.75) is 57.5 Å². The van der Waals surface area contributed by atoms with E-state index in [1.807, 2.05) is 42.3 Å². The molecule has 4 heterocycles. The van der Waals surface area contributed by atoms with Crippen LogP contribution in [0.25, 0.3) is 27.6 Å². The molecule has 12 nitrogen and oxygen atoms in total. The van der Waals surface area contributed by atoms with Gasteiger partial charge in [-0.2, -0.15) is 0 Å². The summed E-state index contributed by atoms with van der Waals surface area (Å²) in [4.78, 5) is 73.4. The molecular formula is C44H50FN7O5. The standard InChI is InChI=1S/C44H50FN7O5/c1-27(54)52-18-6-7-32(25-52)34-22-33(35-23-36(44(57)48(2)3)46-42(35)41(34)45)31-11-9-29(10-12-31)30-16-19-51(20-17-30)24-28-8-13-37(39(21-28)49(4)26-53)50(5)38-14-15-40(55)47-43(38)56/h7-13,21-23,26,30,38,46H,6,14-20,24-25H2,1-5H3,(H,47,55,56). The van der Waals surface area contributed by atoms with Gasteiger partial charge in [-0.25, -0.2) is 4.39 Å². The van der Waals surface area contributed by atoms with Crippen LogP contribution in [0.1, 0.15) is 72.1 Å². The predicted octanol–water partition coefficient (Wildman–Crippen LogP) is 5.53. The molecule has 57 heavy (non-hydrogen) atoms. The first-order valence-corrected chi connectivity index (χ1v) is 19.5. The molecule has 1 atom stereocenters. The Bertz CT molecular complexity index is 2260. The van der Waals surface area contributed by atoms with E-state index in [9.17, 15) is 24.0 Å². The summed E-state index contributed by atoms with van der Waals surface area (Å²) in [5, 5.41) is 3.05. The summed E-state index contributed by atoms with van der Waals surface area (Å²) in [6.45, 7) is 4.95. The number of aromatic amines is 1. The van der Waals surface area contributed by atoms with E-state index in [1.54, 1.807) is 32.1 Å². The second-order valence-corrected chi connectivity index (χ2v) is 15.7. The molecule has 3 aliphatic rings. The van der Waals surface area contributed by atoms with Gasteiger partial charge < -0.3 is 24.6 Å². The number of likely N-dealkylation sites (N-methyl/N-ethyl adjacent to an activating group) is 1. The molecule has 4 aromatic rings. The van der Waals surface area contributed by atoms with Crippen molar-refractivity contribution in [3.63, 3.8) is 0 Å². The quantitative estimate of drug-likeness (QED) is 0.160. The van der Waals surface area contributed by atoms with Crippen molar-refractivity contribution in [3.05, 3.63) is 88.9 Å². The van der Waals surface area contributed by atoms with E-state index in [0.29, 0.717) is 60.7 Å². The summed E-state index contributed by atoms with van der Waals surface area (Å²) in [5.41, 5.74) is 7.20. The fraction of sp³-hybridized carbons (Fsp3) is 0.386. The van der Waals surface area contributed by atoms with Gasteiger partial charge in [0, 0.05) is 72.1 Å². The highest BCUT2D eigenvalue weighted by molar-refractivity contribution is 6.05.